The third-order valence-corrected chi connectivity index (χ3v) is 7.66. The predicted octanol–water partition coefficient (Wildman–Crippen LogP) is 2.80. The molecule has 33 heavy (non-hydrogen) atoms. The van der Waals surface area contributed by atoms with Gasteiger partial charge in [0.25, 0.3) is 0 Å². The Morgan fingerprint density at radius 1 is 1.03 bits per heavy atom. The van der Waals surface area contributed by atoms with E-state index in [0.29, 0.717) is 12.5 Å². The average molecular weight is 451 g/mol. The molecule has 3 saturated heterocycles. The van der Waals surface area contributed by atoms with Crippen molar-refractivity contribution in [2.75, 3.05) is 62.7 Å². The van der Waals surface area contributed by atoms with Gasteiger partial charge < -0.3 is 25.0 Å². The minimum Gasteiger partial charge on any atom is -0.486 e. The largest absolute Gasteiger partial charge is 0.486 e. The molecule has 1 aromatic carbocycles. The van der Waals surface area contributed by atoms with Gasteiger partial charge in [0, 0.05) is 25.7 Å². The number of morpholine rings is 1. The van der Waals surface area contributed by atoms with Gasteiger partial charge in [-0.15, -0.1) is 0 Å². The summed E-state index contributed by atoms with van der Waals surface area (Å²) in [5.74, 6) is 3.31. The van der Waals surface area contributed by atoms with Gasteiger partial charge in [0.2, 0.25) is 0 Å². The van der Waals surface area contributed by atoms with Crippen molar-refractivity contribution in [2.45, 2.75) is 44.8 Å². The Morgan fingerprint density at radius 3 is 2.73 bits per heavy atom. The number of benzene rings is 1. The highest BCUT2D eigenvalue weighted by Gasteiger charge is 2.31. The first-order chi connectivity index (χ1) is 16.3. The SMILES string of the molecule is Cc1cc([C@@H]2CCN(C3CCNCC3)C2)cc2c1OCc1c(ncnc1N1CCOCC1)N2. The van der Waals surface area contributed by atoms with Crippen LogP contribution >= 0.6 is 0 Å². The van der Waals surface area contributed by atoms with Crippen LogP contribution in [0, 0.1) is 6.92 Å². The van der Waals surface area contributed by atoms with E-state index in [-0.39, 0.29) is 0 Å². The molecule has 2 N–H and O–H groups in total. The second-order valence-corrected chi connectivity index (χ2v) is 9.71. The molecule has 4 aliphatic heterocycles. The summed E-state index contributed by atoms with van der Waals surface area (Å²) in [7, 11) is 0. The topological polar surface area (TPSA) is 74.8 Å². The molecule has 0 amide bonds. The molecule has 0 spiro atoms. The number of aromatic nitrogens is 2. The van der Waals surface area contributed by atoms with Crippen molar-refractivity contribution in [3.63, 3.8) is 0 Å². The van der Waals surface area contributed by atoms with E-state index >= 15 is 0 Å². The number of piperidine rings is 1. The molecular formula is C25H34N6O2. The van der Waals surface area contributed by atoms with E-state index in [4.69, 9.17) is 9.47 Å². The number of ether oxygens (including phenoxy) is 2. The van der Waals surface area contributed by atoms with Crippen LogP contribution in [0.15, 0.2) is 18.5 Å². The minimum absolute atomic E-state index is 0.468. The number of aryl methyl sites for hydroxylation is 1. The summed E-state index contributed by atoms with van der Waals surface area (Å²) in [5, 5.41) is 7.10. The maximum absolute atomic E-state index is 6.35. The zero-order chi connectivity index (χ0) is 22.2. The van der Waals surface area contributed by atoms with E-state index in [9.17, 15) is 0 Å². The highest BCUT2D eigenvalue weighted by Crippen LogP contribution is 2.41. The van der Waals surface area contributed by atoms with Gasteiger partial charge in [-0.05, 0) is 68.9 Å². The molecule has 4 aliphatic rings. The Kier molecular flexibility index (Phi) is 5.82. The van der Waals surface area contributed by atoms with E-state index in [1.165, 1.54) is 36.9 Å². The van der Waals surface area contributed by atoms with E-state index in [0.717, 1.165) is 80.6 Å². The predicted molar refractivity (Wildman–Crippen MR) is 129 cm³/mol. The summed E-state index contributed by atoms with van der Waals surface area (Å²) in [6.07, 6.45) is 5.43. The van der Waals surface area contributed by atoms with Crippen LogP contribution in [0.5, 0.6) is 5.75 Å². The number of rotatable bonds is 3. The van der Waals surface area contributed by atoms with Gasteiger partial charge in [-0.2, -0.15) is 0 Å². The van der Waals surface area contributed by atoms with Gasteiger partial charge in [-0.25, -0.2) is 9.97 Å². The third kappa shape index (κ3) is 4.16. The van der Waals surface area contributed by atoms with E-state index < -0.39 is 0 Å². The van der Waals surface area contributed by atoms with Crippen LogP contribution in [-0.4, -0.2) is 73.4 Å². The standard InChI is InChI=1S/C25H34N6O2/c1-17-12-19(18-4-7-31(14-18)20-2-5-26-6-3-20)13-22-23(17)33-15-21-24(29-22)27-16-28-25(21)30-8-10-32-11-9-30/h12-13,16,18,20,26H,2-11,14-15H2,1H3,(H,27,28,29)/t18-/m1/s1. The van der Waals surface area contributed by atoms with Crippen LogP contribution in [-0.2, 0) is 11.3 Å². The van der Waals surface area contributed by atoms with Crippen molar-refractivity contribution in [2.24, 2.45) is 0 Å². The van der Waals surface area contributed by atoms with Crippen molar-refractivity contribution in [1.82, 2.24) is 20.2 Å². The Labute approximate surface area is 195 Å². The Balaban J connectivity index is 1.25. The number of likely N-dealkylation sites (tertiary alicyclic amines) is 1. The molecular weight excluding hydrogens is 416 g/mol. The second-order valence-electron chi connectivity index (χ2n) is 9.71. The van der Waals surface area contributed by atoms with E-state index in [2.05, 4.69) is 49.5 Å². The zero-order valence-corrected chi connectivity index (χ0v) is 19.5. The van der Waals surface area contributed by atoms with Gasteiger partial charge in [0.15, 0.2) is 0 Å². The second kappa shape index (κ2) is 9.08. The lowest BCUT2D eigenvalue weighted by atomic mass is 9.95. The number of nitrogens with one attached hydrogen (secondary N) is 2. The van der Waals surface area contributed by atoms with Gasteiger partial charge in [-0.1, -0.05) is 6.07 Å². The molecule has 2 aromatic rings. The molecule has 8 heteroatoms. The van der Waals surface area contributed by atoms with Crippen molar-refractivity contribution >= 4 is 17.3 Å². The van der Waals surface area contributed by atoms with Crippen LogP contribution in [0.3, 0.4) is 0 Å². The highest BCUT2D eigenvalue weighted by molar-refractivity contribution is 5.73. The fraction of sp³-hybridized carbons (Fsp3) is 0.600. The maximum atomic E-state index is 6.35. The Hall–Kier alpha value is -2.42. The molecule has 0 radical (unpaired) electrons. The highest BCUT2D eigenvalue weighted by atomic mass is 16.5. The number of hydrogen-bond donors (Lipinski definition) is 2. The van der Waals surface area contributed by atoms with E-state index in [1.807, 2.05) is 0 Å². The van der Waals surface area contributed by atoms with Crippen LogP contribution in [0.1, 0.15) is 41.9 Å². The molecule has 1 atom stereocenters. The quantitative estimate of drug-likeness (QED) is 0.740. The summed E-state index contributed by atoms with van der Waals surface area (Å²) >= 11 is 0. The fourth-order valence-corrected chi connectivity index (χ4v) is 5.85. The first-order valence-electron chi connectivity index (χ1n) is 12.4. The van der Waals surface area contributed by atoms with Crippen molar-refractivity contribution < 1.29 is 9.47 Å². The smallest absolute Gasteiger partial charge is 0.146 e. The summed E-state index contributed by atoms with van der Waals surface area (Å²) in [6.45, 7) is 10.4. The van der Waals surface area contributed by atoms with Crippen LogP contribution in [0.4, 0.5) is 17.3 Å². The lowest BCUT2D eigenvalue weighted by Crippen LogP contribution is -2.41. The molecule has 3 fully saturated rings. The molecule has 1 aromatic heterocycles. The zero-order valence-electron chi connectivity index (χ0n) is 19.5. The Bertz CT molecular complexity index is 1000. The van der Waals surface area contributed by atoms with Gasteiger partial charge in [0.05, 0.1) is 24.5 Å². The lowest BCUT2D eigenvalue weighted by Gasteiger charge is -2.31. The number of nitrogens with zero attached hydrogens (tertiary/aromatic N) is 4. The van der Waals surface area contributed by atoms with Crippen molar-refractivity contribution in [1.29, 1.82) is 0 Å². The summed E-state index contributed by atoms with van der Waals surface area (Å²) < 4.78 is 11.9. The average Bonchev–Trinajstić information content (AvgIpc) is 3.27. The van der Waals surface area contributed by atoms with Crippen LogP contribution in [0.2, 0.25) is 0 Å². The number of hydrogen-bond acceptors (Lipinski definition) is 8. The Morgan fingerprint density at radius 2 is 1.88 bits per heavy atom. The molecule has 8 nitrogen and oxygen atoms in total. The monoisotopic (exact) mass is 450 g/mol. The molecule has 0 saturated carbocycles. The molecule has 176 valence electrons. The summed E-state index contributed by atoms with van der Waals surface area (Å²) in [6, 6.07) is 5.37. The van der Waals surface area contributed by atoms with Gasteiger partial charge in [-0.3, -0.25) is 4.90 Å². The lowest BCUT2D eigenvalue weighted by molar-refractivity contribution is 0.122. The number of anilines is 3. The normalized spacial score (nSPS) is 23.9. The minimum atomic E-state index is 0.468. The van der Waals surface area contributed by atoms with Crippen molar-refractivity contribution in [3.8, 4) is 5.75 Å². The fourth-order valence-electron chi connectivity index (χ4n) is 5.85. The number of fused-ring (bicyclic) bond motifs is 2. The molecule has 0 bridgehead atoms. The van der Waals surface area contributed by atoms with Gasteiger partial charge >= 0.3 is 0 Å². The maximum Gasteiger partial charge on any atom is 0.146 e. The third-order valence-electron chi connectivity index (χ3n) is 7.66. The van der Waals surface area contributed by atoms with Crippen LogP contribution in [0.25, 0.3) is 0 Å². The summed E-state index contributed by atoms with van der Waals surface area (Å²) in [5.41, 5.74) is 4.64. The van der Waals surface area contributed by atoms with Crippen molar-refractivity contribution in [3.05, 3.63) is 35.2 Å². The first-order valence-corrected chi connectivity index (χ1v) is 12.4. The first kappa shape index (κ1) is 21.1. The van der Waals surface area contributed by atoms with E-state index in [1.54, 1.807) is 6.33 Å². The molecule has 6 rings (SSSR count). The summed E-state index contributed by atoms with van der Waals surface area (Å²) in [4.78, 5) is 14.2. The van der Waals surface area contributed by atoms with Crippen LogP contribution < -0.4 is 20.3 Å². The molecule has 0 unspecified atom stereocenters. The van der Waals surface area contributed by atoms with Gasteiger partial charge in [0.1, 0.15) is 30.3 Å². The molecule has 0 aliphatic carbocycles. The molecule has 5 heterocycles.